The molecule has 2 aromatic rings. The molecule has 1 atom stereocenters. The third-order valence-electron chi connectivity index (χ3n) is 5.74. The molecule has 2 N–H and O–H groups in total. The van der Waals surface area contributed by atoms with Crippen molar-refractivity contribution in [3.8, 4) is 0 Å². The van der Waals surface area contributed by atoms with Crippen LogP contribution >= 0.6 is 24.0 Å². The van der Waals surface area contributed by atoms with Crippen molar-refractivity contribution in [1.82, 2.24) is 15.2 Å². The third-order valence-corrected chi connectivity index (χ3v) is 5.74. The minimum absolute atomic E-state index is 0. The topological polar surface area (TPSA) is 52.7 Å². The molecule has 4 rings (SSSR count). The fraction of sp³-hybridized carbons (Fsp3) is 0.550. The number of benzene rings is 1. The second kappa shape index (κ2) is 8.17. The van der Waals surface area contributed by atoms with Crippen LogP contribution in [0.25, 0.3) is 10.9 Å². The number of aliphatic imine (C=N–C) groups is 1. The van der Waals surface area contributed by atoms with E-state index in [1.54, 1.807) is 0 Å². The fourth-order valence-electron chi connectivity index (χ4n) is 4.24. The number of aryl methyl sites for hydroxylation is 1. The summed E-state index contributed by atoms with van der Waals surface area (Å²) >= 11 is 0. The summed E-state index contributed by atoms with van der Waals surface area (Å²) in [6, 6.07) is 6.60. The average Bonchev–Trinajstić information content (AvgIpc) is 3.33. The highest BCUT2D eigenvalue weighted by Crippen LogP contribution is 2.38. The number of ether oxygens (including phenoxy) is 1. The third kappa shape index (κ3) is 3.86. The molecule has 1 aromatic heterocycles. The molecule has 2 aliphatic rings. The van der Waals surface area contributed by atoms with E-state index in [9.17, 15) is 0 Å². The molecular formula is C20H29IN4O. The second-order valence-corrected chi connectivity index (χ2v) is 7.56. The van der Waals surface area contributed by atoms with E-state index in [4.69, 9.17) is 4.74 Å². The summed E-state index contributed by atoms with van der Waals surface area (Å²) < 4.78 is 5.63. The minimum atomic E-state index is 0. The number of hydrogen-bond acceptors (Lipinski definition) is 2. The van der Waals surface area contributed by atoms with Gasteiger partial charge in [0.2, 0.25) is 0 Å². The Morgan fingerprint density at radius 1 is 1.38 bits per heavy atom. The zero-order valence-corrected chi connectivity index (χ0v) is 18.0. The lowest BCUT2D eigenvalue weighted by atomic mass is 9.87. The van der Waals surface area contributed by atoms with E-state index in [0.717, 1.165) is 45.2 Å². The number of hydrogen-bond donors (Lipinski definition) is 2. The van der Waals surface area contributed by atoms with Crippen molar-refractivity contribution < 1.29 is 4.74 Å². The van der Waals surface area contributed by atoms with Crippen molar-refractivity contribution in [1.29, 1.82) is 0 Å². The predicted molar refractivity (Wildman–Crippen MR) is 118 cm³/mol. The molecule has 2 fully saturated rings. The highest BCUT2D eigenvalue weighted by molar-refractivity contribution is 14.0. The number of H-pyrrole nitrogens is 1. The van der Waals surface area contributed by atoms with Gasteiger partial charge in [0, 0.05) is 55.8 Å². The number of guanidine groups is 1. The number of aromatic nitrogens is 1. The zero-order valence-electron chi connectivity index (χ0n) is 15.7. The van der Waals surface area contributed by atoms with Crippen LogP contribution in [-0.2, 0) is 11.2 Å². The summed E-state index contributed by atoms with van der Waals surface area (Å²) in [5.41, 5.74) is 4.24. The van der Waals surface area contributed by atoms with Gasteiger partial charge in [0.1, 0.15) is 0 Å². The highest BCUT2D eigenvalue weighted by Gasteiger charge is 2.42. The standard InChI is InChI=1S/C20H28N4O.HI/c1-15-3-4-17-16(12-23-18(17)11-15)5-8-22-19(21-2)24-9-6-20(13-24)7-10-25-14-20;/h3-4,11-12,23H,5-10,13-14H2,1-2H3,(H,21,22);1H. The Hall–Kier alpha value is -1.28. The van der Waals surface area contributed by atoms with Gasteiger partial charge in [-0.15, -0.1) is 24.0 Å². The first-order valence-corrected chi connectivity index (χ1v) is 9.29. The maximum Gasteiger partial charge on any atom is 0.193 e. The molecule has 1 spiro atoms. The van der Waals surface area contributed by atoms with E-state index in [0.29, 0.717) is 5.41 Å². The number of rotatable bonds is 3. The van der Waals surface area contributed by atoms with Gasteiger partial charge in [-0.2, -0.15) is 0 Å². The summed E-state index contributed by atoms with van der Waals surface area (Å²) in [5.74, 6) is 1.03. The van der Waals surface area contributed by atoms with Crippen molar-refractivity contribution in [2.75, 3.05) is 39.9 Å². The molecule has 0 amide bonds. The normalized spacial score (nSPS) is 23.0. The largest absolute Gasteiger partial charge is 0.381 e. The van der Waals surface area contributed by atoms with Crippen LogP contribution in [0.15, 0.2) is 29.4 Å². The lowest BCUT2D eigenvalue weighted by molar-refractivity contribution is 0.156. The van der Waals surface area contributed by atoms with Crippen molar-refractivity contribution in [3.63, 3.8) is 0 Å². The predicted octanol–water partition coefficient (Wildman–Crippen LogP) is 3.32. The maximum atomic E-state index is 5.63. The molecule has 26 heavy (non-hydrogen) atoms. The van der Waals surface area contributed by atoms with Crippen LogP contribution in [-0.4, -0.2) is 55.7 Å². The molecule has 0 saturated carbocycles. The molecule has 1 unspecified atom stereocenters. The molecule has 1 aromatic carbocycles. The smallest absolute Gasteiger partial charge is 0.193 e. The van der Waals surface area contributed by atoms with Gasteiger partial charge in [-0.05, 0) is 43.4 Å². The molecule has 2 aliphatic heterocycles. The van der Waals surface area contributed by atoms with Crippen LogP contribution in [0, 0.1) is 12.3 Å². The molecule has 5 nitrogen and oxygen atoms in total. The Morgan fingerprint density at radius 2 is 2.27 bits per heavy atom. The molecule has 0 aliphatic carbocycles. The van der Waals surface area contributed by atoms with Gasteiger partial charge in [0.05, 0.1) is 6.61 Å². The zero-order chi connectivity index (χ0) is 17.3. The van der Waals surface area contributed by atoms with Crippen LogP contribution in [0.4, 0.5) is 0 Å². The molecule has 0 bridgehead atoms. The van der Waals surface area contributed by atoms with Crippen LogP contribution in [0.1, 0.15) is 24.0 Å². The molecule has 142 valence electrons. The number of likely N-dealkylation sites (tertiary alicyclic amines) is 1. The fourth-order valence-corrected chi connectivity index (χ4v) is 4.24. The molecule has 0 radical (unpaired) electrons. The molecule has 2 saturated heterocycles. The number of fused-ring (bicyclic) bond motifs is 1. The van der Waals surface area contributed by atoms with Gasteiger partial charge < -0.3 is 19.9 Å². The van der Waals surface area contributed by atoms with Gasteiger partial charge in [-0.25, -0.2) is 0 Å². The van der Waals surface area contributed by atoms with Crippen LogP contribution in [0.5, 0.6) is 0 Å². The van der Waals surface area contributed by atoms with Gasteiger partial charge in [0.15, 0.2) is 5.96 Å². The summed E-state index contributed by atoms with van der Waals surface area (Å²) in [6.07, 6.45) is 5.53. The van der Waals surface area contributed by atoms with Crippen LogP contribution in [0.2, 0.25) is 0 Å². The monoisotopic (exact) mass is 468 g/mol. The lowest BCUT2D eigenvalue weighted by Gasteiger charge is -2.24. The van der Waals surface area contributed by atoms with E-state index in [1.807, 2.05) is 7.05 Å². The van der Waals surface area contributed by atoms with Gasteiger partial charge in [-0.1, -0.05) is 12.1 Å². The number of nitrogens with zero attached hydrogens (tertiary/aromatic N) is 2. The lowest BCUT2D eigenvalue weighted by Crippen LogP contribution is -2.42. The van der Waals surface area contributed by atoms with Crippen LogP contribution in [0.3, 0.4) is 0 Å². The Labute approximate surface area is 172 Å². The second-order valence-electron chi connectivity index (χ2n) is 7.56. The van der Waals surface area contributed by atoms with Crippen molar-refractivity contribution in [3.05, 3.63) is 35.5 Å². The van der Waals surface area contributed by atoms with Gasteiger partial charge in [-0.3, -0.25) is 4.99 Å². The SMILES string of the molecule is CN=C(NCCc1c[nH]c2cc(C)ccc12)N1CCC2(CCOC2)C1.I. The quantitative estimate of drug-likeness (QED) is 0.413. The molecular weight excluding hydrogens is 439 g/mol. The maximum absolute atomic E-state index is 5.63. The highest BCUT2D eigenvalue weighted by atomic mass is 127. The van der Waals surface area contributed by atoms with E-state index in [-0.39, 0.29) is 24.0 Å². The summed E-state index contributed by atoms with van der Waals surface area (Å²) in [7, 11) is 1.88. The Kier molecular flexibility index (Phi) is 6.12. The number of aromatic amines is 1. The Bertz CT molecular complexity index is 779. The first-order chi connectivity index (χ1) is 12.2. The average molecular weight is 468 g/mol. The summed E-state index contributed by atoms with van der Waals surface area (Å²) in [4.78, 5) is 10.3. The first-order valence-electron chi connectivity index (χ1n) is 9.29. The van der Waals surface area contributed by atoms with E-state index in [1.165, 1.54) is 34.9 Å². The number of halogens is 1. The van der Waals surface area contributed by atoms with E-state index >= 15 is 0 Å². The molecule has 6 heteroatoms. The van der Waals surface area contributed by atoms with Crippen molar-refractivity contribution in [2.45, 2.75) is 26.2 Å². The van der Waals surface area contributed by atoms with Gasteiger partial charge >= 0.3 is 0 Å². The summed E-state index contributed by atoms with van der Waals surface area (Å²) in [5, 5.41) is 4.88. The van der Waals surface area contributed by atoms with E-state index < -0.39 is 0 Å². The Balaban J connectivity index is 0.00000196. The first kappa shape index (κ1) is 19.5. The number of nitrogens with one attached hydrogen (secondary N) is 2. The van der Waals surface area contributed by atoms with Crippen LogP contribution < -0.4 is 5.32 Å². The van der Waals surface area contributed by atoms with Crippen molar-refractivity contribution in [2.24, 2.45) is 10.4 Å². The Morgan fingerprint density at radius 3 is 3.04 bits per heavy atom. The summed E-state index contributed by atoms with van der Waals surface area (Å²) in [6.45, 7) is 7.00. The van der Waals surface area contributed by atoms with E-state index in [2.05, 4.69) is 51.5 Å². The minimum Gasteiger partial charge on any atom is -0.381 e. The van der Waals surface area contributed by atoms with Crippen molar-refractivity contribution >= 4 is 40.8 Å². The van der Waals surface area contributed by atoms with Gasteiger partial charge in [0.25, 0.3) is 0 Å². The molecule has 3 heterocycles.